The maximum atomic E-state index is 11.5. The summed E-state index contributed by atoms with van der Waals surface area (Å²) in [5, 5.41) is 0. The van der Waals surface area contributed by atoms with E-state index in [1.165, 1.54) is 31.9 Å². The van der Waals surface area contributed by atoms with Gasteiger partial charge >= 0.3 is 11.9 Å². The number of esters is 1. The molecule has 0 aromatic carbocycles. The summed E-state index contributed by atoms with van der Waals surface area (Å²) in [6.07, 6.45) is 8.06. The van der Waals surface area contributed by atoms with E-state index < -0.39 is 5.97 Å². The third-order valence-electron chi connectivity index (χ3n) is 2.55. The Bertz CT molecular complexity index is 395. The molecule has 0 atom stereocenters. The molecule has 98 valence electrons. The van der Waals surface area contributed by atoms with Crippen molar-refractivity contribution in [3.63, 3.8) is 0 Å². The van der Waals surface area contributed by atoms with Gasteiger partial charge in [-0.3, -0.25) is 0 Å². The first-order valence-electron chi connectivity index (χ1n) is 6.30. The van der Waals surface area contributed by atoms with Gasteiger partial charge in [0.25, 0.3) is 5.71 Å². The van der Waals surface area contributed by atoms with E-state index in [0.717, 1.165) is 12.8 Å². The van der Waals surface area contributed by atoms with Crippen LogP contribution >= 0.6 is 0 Å². The average Bonchev–Trinajstić information content (AvgIpc) is 2.86. The van der Waals surface area contributed by atoms with Crippen molar-refractivity contribution < 1.29 is 14.3 Å². The molecular weight excluding hydrogens is 232 g/mol. The summed E-state index contributed by atoms with van der Waals surface area (Å²) in [7, 11) is 0. The Morgan fingerprint density at radius 2 is 2.06 bits per heavy atom. The normalized spacial score (nSPS) is 13.4. The first-order valence-corrected chi connectivity index (χ1v) is 6.30. The molecule has 0 aromatic heterocycles. The van der Waals surface area contributed by atoms with Crippen LogP contribution in [0.15, 0.2) is 9.98 Å². The van der Waals surface area contributed by atoms with Crippen LogP contribution < -0.4 is 0 Å². The number of unbranched alkanes of at least 4 members (excludes halogenated alkanes) is 5. The maximum absolute atomic E-state index is 11.5. The quantitative estimate of drug-likeness (QED) is 0.285. The minimum absolute atomic E-state index is 0.0776. The van der Waals surface area contributed by atoms with E-state index in [1.54, 1.807) is 0 Å². The van der Waals surface area contributed by atoms with Gasteiger partial charge in [0.1, 0.15) is 0 Å². The molecule has 0 N–H and O–H groups in total. The molecule has 0 spiro atoms. The van der Waals surface area contributed by atoms with Crippen LogP contribution in [0.2, 0.25) is 0 Å². The number of aliphatic imine (C=N–C) groups is 2. The van der Waals surface area contributed by atoms with Crippen molar-refractivity contribution in [1.82, 2.24) is 0 Å². The second-order valence-electron chi connectivity index (χ2n) is 4.06. The SMILES string of the molecule is CCCCCCCCOC(=O)C1=NC(=[N+]=[N-])N=C1. The first kappa shape index (κ1) is 14.3. The van der Waals surface area contributed by atoms with E-state index in [-0.39, 0.29) is 11.7 Å². The number of carbonyl (C=O) groups excluding carboxylic acids is 1. The van der Waals surface area contributed by atoms with Crippen molar-refractivity contribution in [3.8, 4) is 0 Å². The molecule has 0 radical (unpaired) electrons. The number of carbonyl (C=O) groups is 1. The van der Waals surface area contributed by atoms with Crippen molar-refractivity contribution in [1.29, 1.82) is 0 Å². The zero-order valence-corrected chi connectivity index (χ0v) is 10.6. The maximum Gasteiger partial charge on any atom is 0.506 e. The predicted molar refractivity (Wildman–Crippen MR) is 68.9 cm³/mol. The van der Waals surface area contributed by atoms with E-state index in [2.05, 4.69) is 21.7 Å². The lowest BCUT2D eigenvalue weighted by molar-refractivity contribution is -0.135. The van der Waals surface area contributed by atoms with Crippen molar-refractivity contribution in [2.45, 2.75) is 45.4 Å². The zero-order valence-electron chi connectivity index (χ0n) is 10.6. The molecule has 0 unspecified atom stereocenters. The lowest BCUT2D eigenvalue weighted by Gasteiger charge is -2.01. The van der Waals surface area contributed by atoms with Crippen LogP contribution in [0.25, 0.3) is 5.53 Å². The van der Waals surface area contributed by atoms with Gasteiger partial charge in [-0.15, -0.1) is 0 Å². The summed E-state index contributed by atoms with van der Waals surface area (Å²) in [6.45, 7) is 2.57. The highest BCUT2D eigenvalue weighted by atomic mass is 16.5. The zero-order chi connectivity index (χ0) is 13.2. The molecular formula is C12H18N4O2. The Morgan fingerprint density at radius 3 is 2.72 bits per heavy atom. The van der Waals surface area contributed by atoms with Crippen LogP contribution in [0.4, 0.5) is 0 Å². The van der Waals surface area contributed by atoms with Crippen LogP contribution in [0.5, 0.6) is 0 Å². The molecule has 1 heterocycles. The predicted octanol–water partition coefficient (Wildman–Crippen LogP) is 2.00. The summed E-state index contributed by atoms with van der Waals surface area (Å²) in [6, 6.07) is 0. The fraction of sp³-hybridized carbons (Fsp3) is 0.667. The smallest absolute Gasteiger partial charge is 0.506 e. The minimum Gasteiger partial charge on any atom is -0.542 e. The topological polar surface area (TPSA) is 87.4 Å². The van der Waals surface area contributed by atoms with E-state index in [4.69, 9.17) is 10.3 Å². The summed E-state index contributed by atoms with van der Waals surface area (Å²) in [5.74, 6) is -0.646. The van der Waals surface area contributed by atoms with E-state index in [0.29, 0.717) is 6.61 Å². The van der Waals surface area contributed by atoms with Crippen molar-refractivity contribution in [2.75, 3.05) is 6.61 Å². The Balaban J connectivity index is 2.12. The Morgan fingerprint density at radius 1 is 1.33 bits per heavy atom. The molecule has 0 aromatic rings. The summed E-state index contributed by atoms with van der Waals surface area (Å²) in [4.78, 5) is 21.5. The summed E-state index contributed by atoms with van der Waals surface area (Å²) in [5.41, 5.74) is 8.48. The third-order valence-corrected chi connectivity index (χ3v) is 2.55. The average molecular weight is 250 g/mol. The standard InChI is InChI=1S/C12H18N4O2/c1-2-3-4-5-6-7-8-18-11(17)10-9-14-12(15-10)16-13/h9H,2-8H2,1H3. The number of rotatable bonds is 8. The second kappa shape index (κ2) is 8.31. The molecule has 6 nitrogen and oxygen atoms in total. The molecule has 0 fully saturated rings. The van der Waals surface area contributed by atoms with Gasteiger partial charge in [0.05, 0.1) is 6.61 Å². The van der Waals surface area contributed by atoms with Gasteiger partial charge in [-0.05, 0) is 11.4 Å². The molecule has 0 aliphatic carbocycles. The molecule has 0 saturated carbocycles. The van der Waals surface area contributed by atoms with E-state index in [9.17, 15) is 4.79 Å². The van der Waals surface area contributed by atoms with Crippen molar-refractivity contribution >= 4 is 23.9 Å². The molecule has 0 bridgehead atoms. The summed E-state index contributed by atoms with van der Waals surface area (Å²) >= 11 is 0. The van der Waals surface area contributed by atoms with Crippen molar-refractivity contribution in [3.05, 3.63) is 5.53 Å². The number of hydrogen-bond acceptors (Lipinski definition) is 2. The molecule has 18 heavy (non-hydrogen) atoms. The highest BCUT2D eigenvalue weighted by molar-refractivity contribution is 6.62. The fourth-order valence-corrected chi connectivity index (χ4v) is 1.55. The van der Waals surface area contributed by atoms with Gasteiger partial charge in [0.2, 0.25) is 0 Å². The van der Waals surface area contributed by atoms with Crippen LogP contribution in [-0.4, -0.2) is 35.3 Å². The molecule has 6 heteroatoms. The van der Waals surface area contributed by atoms with Crippen LogP contribution in [0.3, 0.4) is 0 Å². The number of nitrogens with zero attached hydrogens (tertiary/aromatic N) is 4. The third kappa shape index (κ3) is 5.01. The highest BCUT2D eigenvalue weighted by Gasteiger charge is 2.25. The van der Waals surface area contributed by atoms with Gasteiger partial charge in [-0.1, -0.05) is 44.0 Å². The first-order chi connectivity index (χ1) is 8.77. The number of ether oxygens (including phenoxy) is 1. The molecule has 0 saturated heterocycles. The lowest BCUT2D eigenvalue weighted by atomic mass is 10.1. The summed E-state index contributed by atoms with van der Waals surface area (Å²) < 4.78 is 5.03. The molecule has 1 aliphatic heterocycles. The highest BCUT2D eigenvalue weighted by Crippen LogP contribution is 2.05. The van der Waals surface area contributed by atoms with E-state index >= 15 is 0 Å². The monoisotopic (exact) mass is 250 g/mol. The number of hydrogen-bond donors (Lipinski definition) is 0. The van der Waals surface area contributed by atoms with Gasteiger partial charge in [-0.2, -0.15) is 0 Å². The Labute approximate surface area is 106 Å². The minimum atomic E-state index is -0.522. The van der Waals surface area contributed by atoms with Crippen LogP contribution in [-0.2, 0) is 9.53 Å². The Kier molecular flexibility index (Phi) is 6.58. The number of guanidine groups is 1. The fourth-order valence-electron chi connectivity index (χ4n) is 1.55. The lowest BCUT2D eigenvalue weighted by Crippen LogP contribution is -2.18. The van der Waals surface area contributed by atoms with Crippen molar-refractivity contribution in [2.24, 2.45) is 9.98 Å². The Hall–Kier alpha value is -1.81. The largest absolute Gasteiger partial charge is 0.542 e. The van der Waals surface area contributed by atoms with Gasteiger partial charge in [0, 0.05) is 0 Å². The van der Waals surface area contributed by atoms with Crippen LogP contribution in [0, 0.1) is 0 Å². The molecule has 1 rings (SSSR count). The van der Waals surface area contributed by atoms with Gasteiger partial charge < -0.3 is 15.1 Å². The molecule has 0 amide bonds. The molecule has 1 aliphatic rings. The van der Waals surface area contributed by atoms with Crippen LogP contribution in [0.1, 0.15) is 45.4 Å². The van der Waals surface area contributed by atoms with Gasteiger partial charge in [-0.25, -0.2) is 4.79 Å². The second-order valence-corrected chi connectivity index (χ2v) is 4.06. The van der Waals surface area contributed by atoms with E-state index in [1.807, 2.05) is 0 Å². The van der Waals surface area contributed by atoms with Gasteiger partial charge in [0.15, 0.2) is 6.21 Å².